The quantitative estimate of drug-likeness (QED) is 0.482. The van der Waals surface area contributed by atoms with Crippen LogP contribution in [-0.2, 0) is 24.3 Å². The maximum Gasteiger partial charge on any atom is 0.321 e. The van der Waals surface area contributed by atoms with Gasteiger partial charge in [-0.1, -0.05) is 52.5 Å². The van der Waals surface area contributed by atoms with Gasteiger partial charge in [0.05, 0.1) is 25.7 Å². The van der Waals surface area contributed by atoms with E-state index in [-0.39, 0.29) is 25.7 Å². The van der Waals surface area contributed by atoms with Crippen molar-refractivity contribution in [3.63, 3.8) is 0 Å². The fourth-order valence-electron chi connectivity index (χ4n) is 1.96. The second kappa shape index (κ2) is 9.58. The summed E-state index contributed by atoms with van der Waals surface area (Å²) in [6.07, 6.45) is 0. The monoisotopic (exact) mass is 464 g/mol. The molecule has 0 spiro atoms. The first kappa shape index (κ1) is 22.4. The molecule has 2 rings (SSSR count). The molecular formula is C17H15Cl3N2O5S. The maximum absolute atomic E-state index is 12.1. The Hall–Kier alpha value is -1.84. The van der Waals surface area contributed by atoms with Gasteiger partial charge in [-0.05, 0) is 31.2 Å². The van der Waals surface area contributed by atoms with Crippen LogP contribution in [0.4, 0.5) is 5.69 Å². The van der Waals surface area contributed by atoms with Crippen LogP contribution in [0.15, 0.2) is 41.3 Å². The number of ether oxygens (including phenoxy) is 1. The number of hydrogen-bond acceptors (Lipinski definition) is 5. The zero-order chi connectivity index (χ0) is 20.9. The molecule has 150 valence electrons. The minimum absolute atomic E-state index is 0.0119. The van der Waals surface area contributed by atoms with E-state index in [1.165, 1.54) is 24.3 Å². The van der Waals surface area contributed by atoms with Crippen LogP contribution >= 0.6 is 34.8 Å². The minimum atomic E-state index is -3.87. The van der Waals surface area contributed by atoms with E-state index in [0.717, 1.165) is 5.56 Å². The van der Waals surface area contributed by atoms with E-state index in [4.69, 9.17) is 39.5 Å². The van der Waals surface area contributed by atoms with Crippen LogP contribution in [0.25, 0.3) is 0 Å². The number of hydrogen-bond donors (Lipinski definition) is 2. The third kappa shape index (κ3) is 6.35. The summed E-state index contributed by atoms with van der Waals surface area (Å²) in [6, 6.07) is 8.79. The first-order valence-electron chi connectivity index (χ1n) is 7.75. The van der Waals surface area contributed by atoms with Crippen LogP contribution in [0.5, 0.6) is 0 Å². The Morgan fingerprint density at radius 2 is 1.61 bits per heavy atom. The number of anilines is 1. The molecule has 2 N–H and O–H groups in total. The van der Waals surface area contributed by atoms with E-state index >= 15 is 0 Å². The predicted molar refractivity (Wildman–Crippen MR) is 107 cm³/mol. The second-order valence-corrected chi connectivity index (χ2v) is 8.58. The Bertz CT molecular complexity index is 995. The van der Waals surface area contributed by atoms with Gasteiger partial charge in [-0.2, -0.15) is 4.72 Å². The molecule has 0 aliphatic rings. The molecule has 7 nitrogen and oxygen atoms in total. The molecule has 2 aromatic rings. The lowest BCUT2D eigenvalue weighted by atomic mass is 10.2. The van der Waals surface area contributed by atoms with Crippen LogP contribution in [-0.4, -0.2) is 33.4 Å². The average molecular weight is 466 g/mol. The lowest BCUT2D eigenvalue weighted by molar-refractivity contribution is -0.146. The lowest BCUT2D eigenvalue weighted by Crippen LogP contribution is -2.32. The number of sulfonamides is 1. The highest BCUT2D eigenvalue weighted by atomic mass is 35.5. The highest BCUT2D eigenvalue weighted by molar-refractivity contribution is 7.89. The Balaban J connectivity index is 1.84. The Morgan fingerprint density at radius 1 is 1.00 bits per heavy atom. The topological polar surface area (TPSA) is 102 Å². The normalized spacial score (nSPS) is 11.1. The van der Waals surface area contributed by atoms with E-state index in [0.29, 0.717) is 0 Å². The number of carbonyl (C=O) groups excluding carboxylic acids is 2. The fourth-order valence-corrected chi connectivity index (χ4v) is 3.52. The smallest absolute Gasteiger partial charge is 0.321 e. The molecule has 0 atom stereocenters. The van der Waals surface area contributed by atoms with Crippen molar-refractivity contribution in [2.24, 2.45) is 0 Å². The highest BCUT2D eigenvalue weighted by Gasteiger charge is 2.17. The molecule has 0 aliphatic carbocycles. The summed E-state index contributed by atoms with van der Waals surface area (Å²) in [4.78, 5) is 23.6. The van der Waals surface area contributed by atoms with E-state index in [9.17, 15) is 18.0 Å². The molecule has 0 unspecified atom stereocenters. The zero-order valence-electron chi connectivity index (χ0n) is 14.5. The van der Waals surface area contributed by atoms with Crippen LogP contribution < -0.4 is 10.0 Å². The summed E-state index contributed by atoms with van der Waals surface area (Å²) in [5.41, 5.74) is 1.09. The first-order chi connectivity index (χ1) is 13.1. The van der Waals surface area contributed by atoms with Crippen LogP contribution in [0.3, 0.4) is 0 Å². The van der Waals surface area contributed by atoms with Gasteiger partial charge < -0.3 is 10.1 Å². The lowest BCUT2D eigenvalue weighted by Gasteiger charge is -2.10. The van der Waals surface area contributed by atoms with Crippen molar-refractivity contribution in [1.29, 1.82) is 0 Å². The van der Waals surface area contributed by atoms with Gasteiger partial charge in [0.25, 0.3) is 5.91 Å². The molecule has 1 amide bonds. The highest BCUT2D eigenvalue weighted by Crippen LogP contribution is 2.32. The van der Waals surface area contributed by atoms with Gasteiger partial charge in [0.2, 0.25) is 10.0 Å². The third-order valence-corrected chi connectivity index (χ3v) is 5.84. The summed E-state index contributed by atoms with van der Waals surface area (Å²) in [5, 5.41) is 2.96. The predicted octanol–water partition coefficient (Wildman–Crippen LogP) is 3.42. The molecule has 11 heteroatoms. The molecule has 0 radical (unpaired) electrons. The molecule has 0 bridgehead atoms. The van der Waals surface area contributed by atoms with Crippen LogP contribution in [0.2, 0.25) is 15.1 Å². The SMILES string of the molecule is Cc1ccc(S(=O)(=O)NCC(=O)OCC(=O)Nc2cc(Cl)c(Cl)cc2Cl)cc1. The summed E-state index contributed by atoms with van der Waals surface area (Å²) in [7, 11) is -3.87. The Labute approximate surface area is 177 Å². The summed E-state index contributed by atoms with van der Waals surface area (Å²) in [6.45, 7) is 0.552. The number of aryl methyl sites for hydroxylation is 1. The molecule has 0 aromatic heterocycles. The molecule has 2 aromatic carbocycles. The minimum Gasteiger partial charge on any atom is -0.455 e. The van der Waals surface area contributed by atoms with Crippen LogP contribution in [0.1, 0.15) is 5.56 Å². The number of amides is 1. The van der Waals surface area contributed by atoms with Gasteiger partial charge in [-0.25, -0.2) is 8.42 Å². The van der Waals surface area contributed by atoms with Gasteiger partial charge in [-0.15, -0.1) is 0 Å². The average Bonchev–Trinajstić information content (AvgIpc) is 2.63. The maximum atomic E-state index is 12.1. The zero-order valence-corrected chi connectivity index (χ0v) is 17.5. The van der Waals surface area contributed by atoms with E-state index < -0.39 is 35.1 Å². The van der Waals surface area contributed by atoms with Crippen molar-refractivity contribution >= 4 is 62.4 Å². The van der Waals surface area contributed by atoms with Gasteiger partial charge in [-0.3, -0.25) is 9.59 Å². The van der Waals surface area contributed by atoms with Crippen molar-refractivity contribution in [2.75, 3.05) is 18.5 Å². The van der Waals surface area contributed by atoms with Gasteiger partial charge in [0, 0.05) is 0 Å². The standard InChI is InChI=1S/C17H15Cl3N2O5S/c1-10-2-4-11(5-3-10)28(25,26)21-8-17(24)27-9-16(23)22-15-7-13(19)12(18)6-14(15)20/h2-7,21H,8-9H2,1H3,(H,22,23). The summed E-state index contributed by atoms with van der Waals surface area (Å²) >= 11 is 17.6. The first-order valence-corrected chi connectivity index (χ1v) is 10.4. The molecule has 0 heterocycles. The Morgan fingerprint density at radius 3 is 2.25 bits per heavy atom. The van der Waals surface area contributed by atoms with Crippen molar-refractivity contribution < 1.29 is 22.7 Å². The Kier molecular flexibility index (Phi) is 7.68. The second-order valence-electron chi connectivity index (χ2n) is 5.59. The van der Waals surface area contributed by atoms with Crippen molar-refractivity contribution in [3.8, 4) is 0 Å². The van der Waals surface area contributed by atoms with E-state index in [1.54, 1.807) is 12.1 Å². The number of halogens is 3. The molecular weight excluding hydrogens is 451 g/mol. The number of benzene rings is 2. The molecule has 0 saturated carbocycles. The molecule has 28 heavy (non-hydrogen) atoms. The van der Waals surface area contributed by atoms with Crippen molar-refractivity contribution in [3.05, 3.63) is 57.0 Å². The number of nitrogens with one attached hydrogen (secondary N) is 2. The summed E-state index contributed by atoms with van der Waals surface area (Å²) < 4.78 is 31.0. The van der Waals surface area contributed by atoms with Gasteiger partial charge in [0.1, 0.15) is 6.54 Å². The molecule has 0 fully saturated rings. The number of rotatable bonds is 7. The van der Waals surface area contributed by atoms with Crippen molar-refractivity contribution in [2.45, 2.75) is 11.8 Å². The molecule has 0 aliphatic heterocycles. The number of carbonyl (C=O) groups is 2. The van der Waals surface area contributed by atoms with Crippen molar-refractivity contribution in [1.82, 2.24) is 4.72 Å². The fraction of sp³-hybridized carbons (Fsp3) is 0.176. The summed E-state index contributed by atoms with van der Waals surface area (Å²) in [5.74, 6) is -1.61. The number of esters is 1. The van der Waals surface area contributed by atoms with Gasteiger partial charge in [0.15, 0.2) is 6.61 Å². The largest absolute Gasteiger partial charge is 0.455 e. The van der Waals surface area contributed by atoms with Gasteiger partial charge >= 0.3 is 5.97 Å². The van der Waals surface area contributed by atoms with E-state index in [2.05, 4.69) is 10.0 Å². The van der Waals surface area contributed by atoms with Crippen LogP contribution in [0, 0.1) is 6.92 Å². The molecule has 0 saturated heterocycles. The van der Waals surface area contributed by atoms with E-state index in [1.807, 2.05) is 6.92 Å². The third-order valence-electron chi connectivity index (χ3n) is 3.39.